The number of likely N-dealkylation sites (N-methyl/N-ethyl adjacent to an activating group) is 1. The lowest BCUT2D eigenvalue weighted by Gasteiger charge is -2.52. The largest absolute Gasteiger partial charge is 0.495 e. The van der Waals surface area contributed by atoms with Gasteiger partial charge in [0.15, 0.2) is 0 Å². The lowest BCUT2D eigenvalue weighted by atomic mass is 10.00. The number of nitrogens with one attached hydrogen (secondary N) is 3. The third-order valence-electron chi connectivity index (χ3n) is 9.39. The maximum atomic E-state index is 13.6. The summed E-state index contributed by atoms with van der Waals surface area (Å²) in [7, 11) is 3.61. The number of hydrogen-bond acceptors (Lipinski definition) is 10. The molecule has 1 unspecified atom stereocenters. The first kappa shape index (κ1) is 29.3. The monoisotopic (exact) mass is 598 g/mol. The van der Waals surface area contributed by atoms with Crippen LogP contribution in [0, 0.1) is 0 Å². The van der Waals surface area contributed by atoms with Crippen LogP contribution in [0.3, 0.4) is 0 Å². The summed E-state index contributed by atoms with van der Waals surface area (Å²) in [6, 6.07) is 4.63. The van der Waals surface area contributed by atoms with Crippen molar-refractivity contribution < 1.29 is 14.3 Å². The zero-order chi connectivity index (χ0) is 29.4. The number of thioether (sulfide) groups is 1. The lowest BCUT2D eigenvalue weighted by molar-refractivity contribution is -0.123. The smallest absolute Gasteiger partial charge is 0.275 e. The highest BCUT2D eigenvalue weighted by Gasteiger charge is 2.46. The molecule has 2 amide bonds. The quantitative estimate of drug-likeness (QED) is 0.347. The molecule has 5 aliphatic rings. The molecule has 0 aromatic heterocycles. The molecule has 42 heavy (non-hydrogen) atoms. The van der Waals surface area contributed by atoms with Gasteiger partial charge in [0.25, 0.3) is 5.91 Å². The summed E-state index contributed by atoms with van der Waals surface area (Å²) in [5.41, 5.74) is 10.1. The second kappa shape index (κ2) is 12.0. The van der Waals surface area contributed by atoms with Gasteiger partial charge in [0.05, 0.1) is 19.3 Å². The van der Waals surface area contributed by atoms with E-state index in [0.29, 0.717) is 36.3 Å². The third-order valence-corrected chi connectivity index (χ3v) is 10.3. The van der Waals surface area contributed by atoms with Crippen molar-refractivity contribution in [3.63, 3.8) is 0 Å². The highest BCUT2D eigenvalue weighted by atomic mass is 32.2. The number of amides is 2. The minimum absolute atomic E-state index is 0.114. The van der Waals surface area contributed by atoms with Gasteiger partial charge in [-0.05, 0) is 49.8 Å². The summed E-state index contributed by atoms with van der Waals surface area (Å²) in [6.07, 6.45) is 7.39. The van der Waals surface area contributed by atoms with Gasteiger partial charge in [-0.1, -0.05) is 19.8 Å². The molecule has 6 rings (SSSR count). The number of fused-ring (bicyclic) bond motifs is 1. The van der Waals surface area contributed by atoms with Gasteiger partial charge < -0.3 is 30.1 Å². The highest BCUT2D eigenvalue weighted by molar-refractivity contribution is 7.99. The Kier molecular flexibility index (Phi) is 8.39. The first-order valence-electron chi connectivity index (χ1n) is 15.5. The van der Waals surface area contributed by atoms with Crippen LogP contribution in [0.1, 0.15) is 51.0 Å². The van der Waals surface area contributed by atoms with Crippen LogP contribution in [0.4, 0.5) is 11.4 Å². The number of ether oxygens (including phenoxy) is 1. The molecular weight excluding hydrogens is 552 g/mol. The molecule has 0 bridgehead atoms. The van der Waals surface area contributed by atoms with Crippen LogP contribution in [0.5, 0.6) is 5.75 Å². The number of benzene rings is 1. The van der Waals surface area contributed by atoms with Gasteiger partial charge in [-0.25, -0.2) is 0 Å². The Morgan fingerprint density at radius 3 is 2.64 bits per heavy atom. The predicted octanol–water partition coefficient (Wildman–Crippen LogP) is 1.86. The summed E-state index contributed by atoms with van der Waals surface area (Å²) in [5, 5.41) is 9.86. The van der Waals surface area contributed by atoms with Crippen molar-refractivity contribution in [3.8, 4) is 5.75 Å². The van der Waals surface area contributed by atoms with Crippen LogP contribution in [-0.2, 0) is 16.0 Å². The molecule has 230 valence electrons. The van der Waals surface area contributed by atoms with E-state index in [1.807, 2.05) is 40.7 Å². The van der Waals surface area contributed by atoms with Crippen LogP contribution in [0.2, 0.25) is 0 Å². The molecule has 1 aliphatic carbocycles. The molecule has 1 saturated heterocycles. The van der Waals surface area contributed by atoms with E-state index in [0.717, 1.165) is 80.3 Å². The van der Waals surface area contributed by atoms with Gasteiger partial charge in [-0.3, -0.25) is 25.5 Å². The maximum Gasteiger partial charge on any atom is 0.275 e. The predicted molar refractivity (Wildman–Crippen MR) is 167 cm³/mol. The van der Waals surface area contributed by atoms with Crippen molar-refractivity contribution in [3.05, 3.63) is 29.2 Å². The van der Waals surface area contributed by atoms with Crippen molar-refractivity contribution in [2.75, 3.05) is 68.6 Å². The molecule has 1 aromatic carbocycles. The van der Waals surface area contributed by atoms with Crippen LogP contribution >= 0.6 is 11.8 Å². The molecule has 12 heteroatoms. The third kappa shape index (κ3) is 5.60. The number of nitrogens with zero attached hydrogens (tertiary/aromatic N) is 4. The van der Waals surface area contributed by atoms with Gasteiger partial charge in [0, 0.05) is 62.5 Å². The summed E-state index contributed by atoms with van der Waals surface area (Å²) >= 11 is 1.94. The van der Waals surface area contributed by atoms with Crippen LogP contribution in [-0.4, -0.2) is 103 Å². The Morgan fingerprint density at radius 1 is 1.17 bits per heavy atom. The molecule has 0 spiro atoms. The Labute approximate surface area is 253 Å². The fourth-order valence-corrected chi connectivity index (χ4v) is 8.26. The lowest BCUT2D eigenvalue weighted by Crippen LogP contribution is -2.76. The molecule has 4 heterocycles. The normalized spacial score (nSPS) is 26.9. The van der Waals surface area contributed by atoms with Gasteiger partial charge in [-0.15, -0.1) is 0 Å². The van der Waals surface area contributed by atoms with E-state index in [9.17, 15) is 9.59 Å². The van der Waals surface area contributed by atoms with Gasteiger partial charge in [0.1, 0.15) is 17.3 Å². The Bertz CT molecular complexity index is 1230. The number of methoxy groups -OCH3 is 1. The molecule has 4 aliphatic heterocycles. The van der Waals surface area contributed by atoms with Crippen molar-refractivity contribution in [2.24, 2.45) is 5.73 Å². The Balaban J connectivity index is 1.29. The number of hydrogen-bond donors (Lipinski definition) is 4. The second-order valence-electron chi connectivity index (χ2n) is 12.2. The van der Waals surface area contributed by atoms with Gasteiger partial charge in [0.2, 0.25) is 11.8 Å². The second-order valence-corrected chi connectivity index (χ2v) is 13.4. The van der Waals surface area contributed by atoms with E-state index in [2.05, 4.69) is 32.7 Å². The van der Waals surface area contributed by atoms with Crippen LogP contribution in [0.15, 0.2) is 23.7 Å². The number of carbonyl (C=O) groups is 2. The van der Waals surface area contributed by atoms with E-state index in [-0.39, 0.29) is 17.9 Å². The van der Waals surface area contributed by atoms with E-state index >= 15 is 0 Å². The molecule has 11 nitrogen and oxygen atoms in total. The van der Waals surface area contributed by atoms with Crippen LogP contribution in [0.25, 0.3) is 0 Å². The topological polar surface area (TPSA) is 118 Å². The van der Waals surface area contributed by atoms with Crippen molar-refractivity contribution >= 4 is 35.0 Å². The molecule has 1 aromatic rings. The molecule has 2 fully saturated rings. The van der Waals surface area contributed by atoms with E-state index in [1.54, 1.807) is 7.11 Å². The molecular formula is C30H46N8O3S. The first-order chi connectivity index (χ1) is 20.3. The minimum Gasteiger partial charge on any atom is -0.495 e. The molecule has 5 N–H and O–H groups in total. The summed E-state index contributed by atoms with van der Waals surface area (Å²) in [6.45, 7) is 5.99. The van der Waals surface area contributed by atoms with Crippen molar-refractivity contribution in [2.45, 2.75) is 69.9 Å². The maximum absolute atomic E-state index is 13.6. The van der Waals surface area contributed by atoms with Crippen molar-refractivity contribution in [1.82, 2.24) is 25.3 Å². The highest BCUT2D eigenvalue weighted by Crippen LogP contribution is 2.39. The molecule has 1 saturated carbocycles. The summed E-state index contributed by atoms with van der Waals surface area (Å²) in [4.78, 5) is 35.8. The van der Waals surface area contributed by atoms with Crippen molar-refractivity contribution in [1.29, 1.82) is 0 Å². The van der Waals surface area contributed by atoms with Crippen LogP contribution < -0.4 is 31.3 Å². The fourth-order valence-electron chi connectivity index (χ4n) is 7.28. The molecule has 0 radical (unpaired) electrons. The zero-order valence-electron chi connectivity index (χ0n) is 25.2. The summed E-state index contributed by atoms with van der Waals surface area (Å²) in [5.74, 6) is 1.98. The Morgan fingerprint density at radius 2 is 1.93 bits per heavy atom. The zero-order valence-corrected chi connectivity index (χ0v) is 26.0. The van der Waals surface area contributed by atoms with Gasteiger partial charge in [-0.2, -0.15) is 11.8 Å². The average molecular weight is 599 g/mol. The number of carbonyl (C=O) groups excluding carboxylic acids is 2. The number of aryl methyl sites for hydroxylation is 1. The standard InChI is InChI=1S/C30H46N8O3S/c1-4-21-18-35(2)27-28(38(21)22-9-5-6-10-22)33-30(31,34-29(27)40)32-23-17-24-20(16-25(23)41-3)8-7-11-37(24)26(39)19-36-12-14-42-15-13-36/h16-17,21-22,32-33H,4-15,18-19,31H2,1-3H3,(H,34,40)/t21?,30-/m1/s1. The molecule has 2 atom stereocenters. The number of anilines is 2. The Hall–Kier alpha value is -2.83. The van der Waals surface area contributed by atoms with E-state index in [4.69, 9.17) is 10.5 Å². The minimum atomic E-state index is -1.46. The number of rotatable bonds is 7. The number of nitrogens with two attached hydrogens (primary N) is 1. The van der Waals surface area contributed by atoms with E-state index < -0.39 is 5.91 Å². The van der Waals surface area contributed by atoms with Gasteiger partial charge >= 0.3 is 0 Å². The SMILES string of the molecule is CCC1CN(C)C2=C(N[C@@](N)(Nc3cc4c(cc3OC)CCCN4C(=O)CN3CCSCC3)NC2=O)N1C1CCCC1. The summed E-state index contributed by atoms with van der Waals surface area (Å²) < 4.78 is 5.80. The van der Waals surface area contributed by atoms with E-state index in [1.165, 1.54) is 12.8 Å². The fraction of sp³-hybridized carbons (Fsp3) is 0.667. The average Bonchev–Trinajstić information content (AvgIpc) is 3.50. The first-order valence-corrected chi connectivity index (χ1v) is 16.7.